The topological polar surface area (TPSA) is 49.3 Å². The van der Waals surface area contributed by atoms with Crippen molar-refractivity contribution in [2.24, 2.45) is 0 Å². The predicted octanol–water partition coefficient (Wildman–Crippen LogP) is 1.99. The molecule has 0 radical (unpaired) electrons. The zero-order valence-corrected chi connectivity index (χ0v) is 8.23. The maximum Gasteiger partial charge on any atom is 0.240 e. The maximum absolute atomic E-state index is 10.3. The first-order chi connectivity index (χ1) is 5.68. The molecule has 0 atom stereocenters. The van der Waals surface area contributed by atoms with Gasteiger partial charge in [0.1, 0.15) is 5.75 Å². The molecule has 1 aromatic rings. The van der Waals surface area contributed by atoms with Gasteiger partial charge in [-0.15, -0.1) is 12.4 Å². The van der Waals surface area contributed by atoms with Crippen molar-refractivity contribution in [1.29, 1.82) is 0 Å². The molecule has 0 spiro atoms. The maximum atomic E-state index is 10.3. The van der Waals surface area contributed by atoms with Gasteiger partial charge in [0.15, 0.2) is 0 Å². The highest BCUT2D eigenvalue weighted by Crippen LogP contribution is 2.13. The van der Waals surface area contributed by atoms with Crippen LogP contribution >= 0.6 is 24.0 Å². The molecule has 0 aliphatic carbocycles. The number of anilines is 1. The van der Waals surface area contributed by atoms with Crippen molar-refractivity contribution in [3.8, 4) is 5.75 Å². The smallest absolute Gasteiger partial charge is 0.240 e. The van der Waals surface area contributed by atoms with Gasteiger partial charge in [-0.1, -0.05) is 0 Å². The number of rotatable bonds is 3. The molecule has 3 nitrogen and oxygen atoms in total. The number of nitrogens with one attached hydrogen (secondary N) is 1. The van der Waals surface area contributed by atoms with E-state index in [1.165, 1.54) is 12.1 Å². The van der Waals surface area contributed by atoms with Gasteiger partial charge in [-0.2, -0.15) is 0 Å². The largest absolute Gasteiger partial charge is 0.508 e. The van der Waals surface area contributed by atoms with Gasteiger partial charge in [0.25, 0.3) is 0 Å². The second kappa shape index (κ2) is 5.67. The summed E-state index contributed by atoms with van der Waals surface area (Å²) >= 11 is 5.11. The van der Waals surface area contributed by atoms with Crippen LogP contribution in [0.1, 0.15) is 0 Å². The molecule has 0 unspecified atom stereocenters. The van der Waals surface area contributed by atoms with Crippen LogP contribution in [-0.4, -0.2) is 16.9 Å². The van der Waals surface area contributed by atoms with E-state index in [0.717, 1.165) is 5.69 Å². The summed E-state index contributed by atoms with van der Waals surface area (Å²) in [7, 11) is 0. The monoisotopic (exact) mass is 221 g/mol. The molecule has 2 N–H and O–H groups in total. The van der Waals surface area contributed by atoms with Crippen LogP contribution in [0.25, 0.3) is 0 Å². The average Bonchev–Trinajstić information content (AvgIpc) is 2.03. The summed E-state index contributed by atoms with van der Waals surface area (Å²) in [6.07, 6.45) is 0. The third kappa shape index (κ3) is 4.60. The molecule has 5 heteroatoms. The number of halogens is 2. The number of aromatic hydroxyl groups is 1. The molecule has 0 heterocycles. The lowest BCUT2D eigenvalue weighted by Gasteiger charge is -2.01. The van der Waals surface area contributed by atoms with E-state index in [-0.39, 0.29) is 24.7 Å². The van der Waals surface area contributed by atoms with Crippen molar-refractivity contribution in [3.63, 3.8) is 0 Å². The molecule has 13 heavy (non-hydrogen) atoms. The molecule has 0 saturated carbocycles. The Kier molecular flexibility index (Phi) is 5.26. The molecule has 0 bridgehead atoms. The fourth-order valence-electron chi connectivity index (χ4n) is 0.751. The fourth-order valence-corrected chi connectivity index (χ4v) is 0.818. The lowest BCUT2D eigenvalue weighted by atomic mass is 10.3. The van der Waals surface area contributed by atoms with Gasteiger partial charge < -0.3 is 10.4 Å². The van der Waals surface area contributed by atoms with Crippen LogP contribution in [-0.2, 0) is 4.79 Å². The molecule has 72 valence electrons. The standard InChI is InChI=1S/C8H8ClNO2.ClH/c9-8(12)5-10-6-1-3-7(11)4-2-6;/h1-4,10-11H,5H2;1H. The Labute approximate surface area is 87.1 Å². The third-order valence-electron chi connectivity index (χ3n) is 1.30. The van der Waals surface area contributed by atoms with Crippen LogP contribution in [0.2, 0.25) is 0 Å². The summed E-state index contributed by atoms with van der Waals surface area (Å²) in [5.74, 6) is 0.192. The van der Waals surface area contributed by atoms with E-state index in [9.17, 15) is 4.79 Å². The second-order valence-corrected chi connectivity index (χ2v) is 2.68. The van der Waals surface area contributed by atoms with Gasteiger partial charge in [0, 0.05) is 5.69 Å². The van der Waals surface area contributed by atoms with Gasteiger partial charge in [0.2, 0.25) is 5.24 Å². The summed E-state index contributed by atoms with van der Waals surface area (Å²) in [6, 6.07) is 6.38. The predicted molar refractivity (Wildman–Crippen MR) is 54.7 cm³/mol. The average molecular weight is 222 g/mol. The summed E-state index contributed by atoms with van der Waals surface area (Å²) in [5, 5.41) is 11.3. The van der Waals surface area contributed by atoms with Crippen LogP contribution in [0.3, 0.4) is 0 Å². The molecule has 0 saturated heterocycles. The van der Waals surface area contributed by atoms with E-state index in [0.29, 0.717) is 0 Å². The zero-order valence-electron chi connectivity index (χ0n) is 6.66. The van der Waals surface area contributed by atoms with Crippen molar-refractivity contribution >= 4 is 34.9 Å². The van der Waals surface area contributed by atoms with Crippen molar-refractivity contribution in [2.45, 2.75) is 0 Å². The van der Waals surface area contributed by atoms with E-state index in [1.807, 2.05) is 0 Å². The Morgan fingerprint density at radius 1 is 1.38 bits per heavy atom. The Morgan fingerprint density at radius 3 is 2.38 bits per heavy atom. The van der Waals surface area contributed by atoms with E-state index >= 15 is 0 Å². The first-order valence-corrected chi connectivity index (χ1v) is 3.77. The molecule has 1 aromatic carbocycles. The quantitative estimate of drug-likeness (QED) is 0.607. The number of hydrogen-bond donors (Lipinski definition) is 2. The molecular weight excluding hydrogens is 213 g/mol. The summed E-state index contributed by atoms with van der Waals surface area (Å²) in [6.45, 7) is 0.0896. The van der Waals surface area contributed by atoms with Crippen LogP contribution in [0.4, 0.5) is 5.69 Å². The summed E-state index contributed by atoms with van der Waals surface area (Å²) < 4.78 is 0. The van der Waals surface area contributed by atoms with Crippen LogP contribution in [0, 0.1) is 0 Å². The number of benzene rings is 1. The van der Waals surface area contributed by atoms with Crippen LogP contribution < -0.4 is 5.32 Å². The molecule has 0 aromatic heterocycles. The lowest BCUT2D eigenvalue weighted by Crippen LogP contribution is -2.07. The molecular formula is C8H9Cl2NO2. The van der Waals surface area contributed by atoms with Crippen molar-refractivity contribution in [3.05, 3.63) is 24.3 Å². The Morgan fingerprint density at radius 2 is 1.92 bits per heavy atom. The van der Waals surface area contributed by atoms with Gasteiger partial charge in [0.05, 0.1) is 6.54 Å². The highest BCUT2D eigenvalue weighted by molar-refractivity contribution is 6.64. The van der Waals surface area contributed by atoms with Gasteiger partial charge >= 0.3 is 0 Å². The van der Waals surface area contributed by atoms with Crippen molar-refractivity contribution < 1.29 is 9.90 Å². The minimum Gasteiger partial charge on any atom is -0.508 e. The van der Waals surface area contributed by atoms with Gasteiger partial charge in [-0.25, -0.2) is 0 Å². The zero-order chi connectivity index (χ0) is 8.97. The highest BCUT2D eigenvalue weighted by Gasteiger charge is 1.95. The Hall–Kier alpha value is -0.930. The first-order valence-electron chi connectivity index (χ1n) is 3.40. The summed E-state index contributed by atoms with van der Waals surface area (Å²) in [4.78, 5) is 10.3. The normalized spacial score (nSPS) is 8.69. The molecule has 0 aliphatic rings. The van der Waals surface area contributed by atoms with E-state index in [4.69, 9.17) is 16.7 Å². The van der Waals surface area contributed by atoms with E-state index < -0.39 is 5.24 Å². The fraction of sp³-hybridized carbons (Fsp3) is 0.125. The lowest BCUT2D eigenvalue weighted by molar-refractivity contribution is -0.110. The van der Waals surface area contributed by atoms with Gasteiger partial charge in [-0.05, 0) is 35.9 Å². The third-order valence-corrected chi connectivity index (χ3v) is 1.43. The van der Waals surface area contributed by atoms with Crippen molar-refractivity contribution in [1.82, 2.24) is 0 Å². The molecule has 1 rings (SSSR count). The Bertz CT molecular complexity index is 274. The minimum atomic E-state index is -0.442. The van der Waals surface area contributed by atoms with Gasteiger partial charge in [-0.3, -0.25) is 4.79 Å². The van der Waals surface area contributed by atoms with E-state index in [2.05, 4.69) is 5.32 Å². The van der Waals surface area contributed by atoms with Crippen molar-refractivity contribution in [2.75, 3.05) is 11.9 Å². The Balaban J connectivity index is 0.00000144. The number of phenolic OH excluding ortho intramolecular Hbond substituents is 1. The highest BCUT2D eigenvalue weighted by atomic mass is 35.5. The number of carbonyl (C=O) groups excluding carboxylic acids is 1. The number of carbonyl (C=O) groups is 1. The minimum absolute atomic E-state index is 0. The van der Waals surface area contributed by atoms with Crippen LogP contribution in [0.15, 0.2) is 24.3 Å². The SMILES string of the molecule is Cl.O=C(Cl)CNc1ccc(O)cc1. The van der Waals surface area contributed by atoms with Crippen LogP contribution in [0.5, 0.6) is 5.75 Å². The second-order valence-electron chi connectivity index (χ2n) is 2.26. The number of phenols is 1. The number of hydrogen-bond acceptors (Lipinski definition) is 3. The molecule has 0 aliphatic heterocycles. The molecule has 0 amide bonds. The summed E-state index contributed by atoms with van der Waals surface area (Å²) in [5.41, 5.74) is 0.752. The molecule has 0 fully saturated rings. The first kappa shape index (κ1) is 12.1. The van der Waals surface area contributed by atoms with E-state index in [1.54, 1.807) is 12.1 Å².